The fourth-order valence-electron chi connectivity index (χ4n) is 1.71. The average molecular weight is 218 g/mol. The number of hydrogen-bond donors (Lipinski definition) is 1. The van der Waals surface area contributed by atoms with Crippen molar-refractivity contribution in [2.24, 2.45) is 0 Å². The van der Waals surface area contributed by atoms with Gasteiger partial charge in [0.05, 0.1) is 12.7 Å². The molecule has 84 valence electrons. The molecular weight excluding hydrogens is 196 g/mol. The Morgan fingerprint density at radius 2 is 2.14 bits per heavy atom. The van der Waals surface area contributed by atoms with Gasteiger partial charge in [-0.05, 0) is 19.3 Å². The van der Waals surface area contributed by atoms with Gasteiger partial charge in [0.2, 0.25) is 0 Å². The first-order valence-corrected chi connectivity index (χ1v) is 6.75. The Balaban J connectivity index is 1.93. The minimum atomic E-state index is -0.271. The Morgan fingerprint density at radius 1 is 1.43 bits per heavy atom. The lowest BCUT2D eigenvalue weighted by Gasteiger charge is -2.13. The quantitative estimate of drug-likeness (QED) is 0.666. The second-order valence-electron chi connectivity index (χ2n) is 3.97. The number of aliphatic hydroxyl groups excluding tert-OH is 1. The van der Waals surface area contributed by atoms with Gasteiger partial charge in [-0.1, -0.05) is 19.8 Å². The van der Waals surface area contributed by atoms with Crippen molar-refractivity contribution in [2.45, 2.75) is 50.4 Å². The molecule has 1 unspecified atom stereocenters. The third-order valence-electron chi connectivity index (χ3n) is 2.49. The number of ether oxygens (including phenoxy) is 1. The monoisotopic (exact) mass is 218 g/mol. The number of rotatable bonds is 7. The van der Waals surface area contributed by atoms with Crippen molar-refractivity contribution >= 4 is 11.8 Å². The van der Waals surface area contributed by atoms with Crippen molar-refractivity contribution in [3.63, 3.8) is 0 Å². The van der Waals surface area contributed by atoms with Crippen molar-refractivity contribution in [3.8, 4) is 0 Å². The lowest BCUT2D eigenvalue weighted by molar-refractivity contribution is 0.0489. The summed E-state index contributed by atoms with van der Waals surface area (Å²) in [6.07, 6.45) is 6.19. The molecule has 0 spiro atoms. The van der Waals surface area contributed by atoms with Gasteiger partial charge in [-0.3, -0.25) is 0 Å². The SMILES string of the molecule is CCCOCC(O)CSC1CCCC1. The Morgan fingerprint density at radius 3 is 2.79 bits per heavy atom. The van der Waals surface area contributed by atoms with Crippen LogP contribution in [0.25, 0.3) is 0 Å². The van der Waals surface area contributed by atoms with Gasteiger partial charge in [-0.15, -0.1) is 0 Å². The molecule has 0 radical (unpaired) electrons. The van der Waals surface area contributed by atoms with Crippen LogP contribution in [0.15, 0.2) is 0 Å². The number of thioether (sulfide) groups is 1. The van der Waals surface area contributed by atoms with E-state index >= 15 is 0 Å². The van der Waals surface area contributed by atoms with E-state index in [0.29, 0.717) is 6.61 Å². The third-order valence-corrected chi connectivity index (χ3v) is 4.01. The van der Waals surface area contributed by atoms with Crippen LogP contribution in [-0.2, 0) is 4.74 Å². The predicted molar refractivity (Wildman–Crippen MR) is 61.8 cm³/mol. The van der Waals surface area contributed by atoms with Gasteiger partial charge in [0, 0.05) is 17.6 Å². The minimum absolute atomic E-state index is 0.271. The summed E-state index contributed by atoms with van der Waals surface area (Å²) in [5.74, 6) is 0.842. The molecule has 14 heavy (non-hydrogen) atoms. The van der Waals surface area contributed by atoms with Crippen molar-refractivity contribution in [1.82, 2.24) is 0 Å². The Labute approximate surface area is 91.4 Å². The largest absolute Gasteiger partial charge is 0.390 e. The van der Waals surface area contributed by atoms with E-state index in [-0.39, 0.29) is 6.10 Å². The molecule has 0 amide bonds. The molecule has 1 saturated carbocycles. The molecule has 0 saturated heterocycles. The first-order chi connectivity index (χ1) is 6.83. The van der Waals surface area contributed by atoms with Gasteiger partial charge in [0.1, 0.15) is 0 Å². The van der Waals surface area contributed by atoms with Crippen LogP contribution in [0.5, 0.6) is 0 Å². The first-order valence-electron chi connectivity index (χ1n) is 5.70. The molecule has 1 rings (SSSR count). The van der Waals surface area contributed by atoms with Crippen LogP contribution in [0.1, 0.15) is 39.0 Å². The van der Waals surface area contributed by atoms with Crippen molar-refractivity contribution in [2.75, 3.05) is 19.0 Å². The maximum Gasteiger partial charge on any atom is 0.0863 e. The summed E-state index contributed by atoms with van der Waals surface area (Å²) >= 11 is 1.92. The predicted octanol–water partition coefficient (Wildman–Crippen LogP) is 2.45. The Bertz CT molecular complexity index is 135. The molecule has 0 bridgehead atoms. The van der Waals surface area contributed by atoms with Crippen LogP contribution in [0.2, 0.25) is 0 Å². The van der Waals surface area contributed by atoms with E-state index in [0.717, 1.165) is 24.0 Å². The Kier molecular flexibility index (Phi) is 6.65. The molecule has 0 aromatic heterocycles. The van der Waals surface area contributed by atoms with Crippen LogP contribution in [0.4, 0.5) is 0 Å². The summed E-state index contributed by atoms with van der Waals surface area (Å²) in [5.41, 5.74) is 0. The van der Waals surface area contributed by atoms with Crippen molar-refractivity contribution in [1.29, 1.82) is 0 Å². The zero-order valence-electron chi connectivity index (χ0n) is 9.08. The van der Waals surface area contributed by atoms with Crippen LogP contribution in [-0.4, -0.2) is 35.4 Å². The van der Waals surface area contributed by atoms with Crippen LogP contribution in [0, 0.1) is 0 Å². The zero-order valence-corrected chi connectivity index (χ0v) is 9.89. The maximum atomic E-state index is 9.59. The fraction of sp³-hybridized carbons (Fsp3) is 1.00. The van der Waals surface area contributed by atoms with E-state index in [1.165, 1.54) is 25.7 Å². The summed E-state index contributed by atoms with van der Waals surface area (Å²) in [6.45, 7) is 3.36. The first kappa shape index (κ1) is 12.3. The minimum Gasteiger partial charge on any atom is -0.390 e. The second kappa shape index (κ2) is 7.55. The molecule has 1 aliphatic rings. The number of hydrogen-bond acceptors (Lipinski definition) is 3. The molecule has 1 N–H and O–H groups in total. The molecule has 1 aliphatic carbocycles. The summed E-state index contributed by atoms with van der Waals surface area (Å²) in [6, 6.07) is 0. The van der Waals surface area contributed by atoms with E-state index in [1.54, 1.807) is 0 Å². The highest BCUT2D eigenvalue weighted by atomic mass is 32.2. The highest BCUT2D eigenvalue weighted by molar-refractivity contribution is 7.99. The van der Waals surface area contributed by atoms with Gasteiger partial charge < -0.3 is 9.84 Å². The lowest BCUT2D eigenvalue weighted by atomic mass is 10.4. The molecule has 0 heterocycles. The topological polar surface area (TPSA) is 29.5 Å². The summed E-state index contributed by atoms with van der Waals surface area (Å²) < 4.78 is 5.30. The smallest absolute Gasteiger partial charge is 0.0863 e. The highest BCUT2D eigenvalue weighted by Crippen LogP contribution is 2.29. The molecule has 2 nitrogen and oxygen atoms in total. The molecular formula is C11H22O2S. The standard InChI is InChI=1S/C11H22O2S/c1-2-7-13-8-10(12)9-14-11-5-3-4-6-11/h10-12H,2-9H2,1H3. The van der Waals surface area contributed by atoms with Gasteiger partial charge >= 0.3 is 0 Å². The summed E-state index contributed by atoms with van der Waals surface area (Å²) in [5, 5.41) is 10.4. The summed E-state index contributed by atoms with van der Waals surface area (Å²) in [4.78, 5) is 0. The molecule has 0 aromatic rings. The maximum absolute atomic E-state index is 9.59. The van der Waals surface area contributed by atoms with E-state index in [2.05, 4.69) is 6.92 Å². The van der Waals surface area contributed by atoms with Gasteiger partial charge in [0.15, 0.2) is 0 Å². The third kappa shape index (κ3) is 5.23. The molecule has 1 atom stereocenters. The normalized spacial score (nSPS) is 20.1. The fourth-order valence-corrected chi connectivity index (χ4v) is 2.97. The van der Waals surface area contributed by atoms with Crippen molar-refractivity contribution in [3.05, 3.63) is 0 Å². The summed E-state index contributed by atoms with van der Waals surface area (Å²) in [7, 11) is 0. The lowest BCUT2D eigenvalue weighted by Crippen LogP contribution is -2.19. The zero-order chi connectivity index (χ0) is 10.2. The molecule has 0 aliphatic heterocycles. The Hall–Kier alpha value is 0.270. The van der Waals surface area contributed by atoms with Gasteiger partial charge in [0.25, 0.3) is 0 Å². The van der Waals surface area contributed by atoms with Gasteiger partial charge in [-0.2, -0.15) is 11.8 Å². The highest BCUT2D eigenvalue weighted by Gasteiger charge is 2.16. The van der Waals surface area contributed by atoms with E-state index in [9.17, 15) is 5.11 Å². The van der Waals surface area contributed by atoms with Crippen LogP contribution < -0.4 is 0 Å². The van der Waals surface area contributed by atoms with Crippen molar-refractivity contribution < 1.29 is 9.84 Å². The van der Waals surface area contributed by atoms with Crippen LogP contribution in [0.3, 0.4) is 0 Å². The van der Waals surface area contributed by atoms with Gasteiger partial charge in [-0.25, -0.2) is 0 Å². The average Bonchev–Trinajstić information content (AvgIpc) is 2.68. The van der Waals surface area contributed by atoms with E-state index in [4.69, 9.17) is 4.74 Å². The number of aliphatic hydroxyl groups is 1. The second-order valence-corrected chi connectivity index (χ2v) is 5.30. The van der Waals surface area contributed by atoms with E-state index < -0.39 is 0 Å². The molecule has 1 fully saturated rings. The molecule has 0 aromatic carbocycles. The van der Waals surface area contributed by atoms with Crippen LogP contribution >= 0.6 is 11.8 Å². The van der Waals surface area contributed by atoms with E-state index in [1.807, 2.05) is 11.8 Å². The molecule has 3 heteroatoms.